The molecule has 1 heterocycles. The maximum Gasteiger partial charge on any atom is 0.407 e. The molecule has 0 aromatic heterocycles. The normalized spacial score (nSPS) is 20.1. The zero-order valence-corrected chi connectivity index (χ0v) is 19.2. The van der Waals surface area contributed by atoms with Crippen LogP contribution in [0.1, 0.15) is 23.5 Å². The first-order chi connectivity index (χ1) is 16.2. The number of nitrogens with zero attached hydrogens (tertiary/aromatic N) is 2. The molecule has 180 valence electrons. The number of carbonyl (C=O) groups excluding carboxylic acids is 2. The lowest BCUT2D eigenvalue weighted by atomic mass is 9.98. The van der Waals surface area contributed by atoms with E-state index in [2.05, 4.69) is 5.32 Å². The Bertz CT molecular complexity index is 1060. The Morgan fingerprint density at radius 1 is 1.12 bits per heavy atom. The summed E-state index contributed by atoms with van der Waals surface area (Å²) in [6.07, 6.45) is -0.789. The Morgan fingerprint density at radius 3 is 2.24 bits per heavy atom. The second-order valence-corrected chi connectivity index (χ2v) is 9.13. The van der Waals surface area contributed by atoms with E-state index >= 15 is 0 Å². The van der Waals surface area contributed by atoms with Crippen molar-refractivity contribution in [1.29, 1.82) is 0 Å². The van der Waals surface area contributed by atoms with Crippen molar-refractivity contribution in [3.8, 4) is 11.1 Å². The number of hydrogen-bond donors (Lipinski definition) is 3. The topological polar surface area (TPSA) is 119 Å². The fourth-order valence-corrected chi connectivity index (χ4v) is 4.71. The molecule has 9 heteroatoms. The van der Waals surface area contributed by atoms with E-state index in [0.717, 1.165) is 22.3 Å². The summed E-state index contributed by atoms with van der Waals surface area (Å²) in [4.78, 5) is 40.1. The number of likely N-dealkylation sites (N-methyl/N-ethyl adjacent to an activating group) is 1. The number of hydrogen-bond acceptors (Lipinski definition) is 6. The van der Waals surface area contributed by atoms with Crippen LogP contribution in [0.25, 0.3) is 11.1 Å². The first kappa shape index (κ1) is 23.7. The molecule has 0 radical (unpaired) electrons. The molecule has 0 bridgehead atoms. The minimum absolute atomic E-state index is 0.0618. The molecule has 1 aliphatic heterocycles. The molecular formula is C25H29N3O6. The Balaban J connectivity index is 1.42. The monoisotopic (exact) mass is 467 g/mol. The van der Waals surface area contributed by atoms with Gasteiger partial charge >= 0.3 is 12.1 Å². The van der Waals surface area contributed by atoms with Crippen molar-refractivity contribution in [2.75, 3.05) is 40.3 Å². The summed E-state index contributed by atoms with van der Waals surface area (Å²) < 4.78 is 5.56. The number of aliphatic carboxylic acids is 1. The molecule has 4 rings (SSSR count). The maximum absolute atomic E-state index is 13.0. The fourth-order valence-electron chi connectivity index (χ4n) is 4.71. The second kappa shape index (κ2) is 9.44. The van der Waals surface area contributed by atoms with Crippen LogP contribution in [-0.4, -0.2) is 90.0 Å². The highest BCUT2D eigenvalue weighted by Gasteiger charge is 2.46. The van der Waals surface area contributed by atoms with Crippen LogP contribution in [-0.2, 0) is 14.3 Å². The molecule has 2 aliphatic rings. The molecule has 1 saturated heterocycles. The molecule has 2 aromatic carbocycles. The quantitative estimate of drug-likeness (QED) is 0.565. The number of aliphatic hydroxyl groups is 1. The molecule has 1 fully saturated rings. The summed E-state index contributed by atoms with van der Waals surface area (Å²) in [5.74, 6) is -1.93. The van der Waals surface area contributed by atoms with Crippen LogP contribution in [0, 0.1) is 0 Å². The van der Waals surface area contributed by atoms with Crippen LogP contribution in [0.5, 0.6) is 0 Å². The molecule has 0 spiro atoms. The smallest absolute Gasteiger partial charge is 0.407 e. The lowest BCUT2D eigenvalue weighted by Gasteiger charge is -2.27. The van der Waals surface area contributed by atoms with Crippen molar-refractivity contribution >= 4 is 18.0 Å². The molecule has 2 aromatic rings. The first-order valence-corrected chi connectivity index (χ1v) is 11.2. The summed E-state index contributed by atoms with van der Waals surface area (Å²) in [5, 5.41) is 22.0. The number of amides is 2. The summed E-state index contributed by atoms with van der Waals surface area (Å²) >= 11 is 0. The van der Waals surface area contributed by atoms with Crippen molar-refractivity contribution < 1.29 is 29.3 Å². The lowest BCUT2D eigenvalue weighted by molar-refractivity contribution is -0.157. The van der Waals surface area contributed by atoms with Gasteiger partial charge in [0.25, 0.3) is 0 Å². The van der Waals surface area contributed by atoms with Crippen LogP contribution < -0.4 is 5.32 Å². The zero-order chi connectivity index (χ0) is 24.5. The number of carboxylic acid groups (broad SMARTS) is 1. The van der Waals surface area contributed by atoms with Gasteiger partial charge < -0.3 is 30.1 Å². The van der Waals surface area contributed by atoms with Crippen molar-refractivity contribution in [2.24, 2.45) is 0 Å². The summed E-state index contributed by atoms with van der Waals surface area (Å²) in [6, 6.07) is 15.1. The van der Waals surface area contributed by atoms with Crippen molar-refractivity contribution in [2.45, 2.75) is 24.0 Å². The average molecular weight is 468 g/mol. The molecule has 2 unspecified atom stereocenters. The first-order valence-electron chi connectivity index (χ1n) is 11.2. The van der Waals surface area contributed by atoms with E-state index in [0.29, 0.717) is 0 Å². The number of benzene rings is 2. The van der Waals surface area contributed by atoms with E-state index in [1.54, 1.807) is 19.0 Å². The van der Waals surface area contributed by atoms with Crippen LogP contribution in [0.2, 0.25) is 0 Å². The van der Waals surface area contributed by atoms with E-state index < -0.39 is 29.6 Å². The Hall–Kier alpha value is -3.43. The van der Waals surface area contributed by atoms with Crippen LogP contribution in [0.4, 0.5) is 4.79 Å². The summed E-state index contributed by atoms with van der Waals surface area (Å²) in [6.45, 7) is 0.0889. The highest BCUT2D eigenvalue weighted by Crippen LogP contribution is 2.44. The van der Waals surface area contributed by atoms with Gasteiger partial charge in [0.1, 0.15) is 12.6 Å². The van der Waals surface area contributed by atoms with E-state index in [1.807, 2.05) is 48.5 Å². The molecule has 2 atom stereocenters. The number of likely N-dealkylation sites (tertiary alicyclic amines) is 1. The predicted octanol–water partition coefficient (Wildman–Crippen LogP) is 1.50. The van der Waals surface area contributed by atoms with Gasteiger partial charge in [-0.15, -0.1) is 0 Å². The van der Waals surface area contributed by atoms with Gasteiger partial charge in [-0.2, -0.15) is 0 Å². The molecule has 0 saturated carbocycles. The number of carboxylic acids is 1. The third-order valence-electron chi connectivity index (χ3n) is 6.44. The Morgan fingerprint density at radius 2 is 1.71 bits per heavy atom. The number of rotatable bonds is 7. The van der Waals surface area contributed by atoms with Gasteiger partial charge in [-0.3, -0.25) is 4.79 Å². The van der Waals surface area contributed by atoms with Gasteiger partial charge in [0.05, 0.1) is 6.54 Å². The van der Waals surface area contributed by atoms with E-state index in [4.69, 9.17) is 4.74 Å². The van der Waals surface area contributed by atoms with Crippen molar-refractivity contribution in [1.82, 2.24) is 15.1 Å². The molecule has 34 heavy (non-hydrogen) atoms. The third-order valence-corrected chi connectivity index (χ3v) is 6.44. The number of nitrogens with one attached hydrogen (secondary N) is 1. The highest BCUT2D eigenvalue weighted by atomic mass is 16.5. The van der Waals surface area contributed by atoms with Crippen LogP contribution in [0.3, 0.4) is 0 Å². The maximum atomic E-state index is 13.0. The molecule has 1 aliphatic carbocycles. The molecule has 9 nitrogen and oxygen atoms in total. The SMILES string of the molecule is CN(C)CC(NC(=O)OCC1c2ccccc2-c2ccccc21)C(=O)N1CCC(O)(C(=O)O)C1. The fraction of sp³-hybridized carbons (Fsp3) is 0.400. The number of ether oxygens (including phenoxy) is 1. The second-order valence-electron chi connectivity index (χ2n) is 9.13. The Kier molecular flexibility index (Phi) is 6.58. The minimum Gasteiger partial charge on any atom is -0.479 e. The van der Waals surface area contributed by atoms with E-state index in [1.165, 1.54) is 4.90 Å². The lowest BCUT2D eigenvalue weighted by Crippen LogP contribution is -2.53. The van der Waals surface area contributed by atoms with E-state index in [9.17, 15) is 24.6 Å². The average Bonchev–Trinajstić information content (AvgIpc) is 3.36. The summed E-state index contributed by atoms with van der Waals surface area (Å²) in [5.41, 5.74) is 2.44. The van der Waals surface area contributed by atoms with Gasteiger partial charge in [0.15, 0.2) is 5.60 Å². The predicted molar refractivity (Wildman–Crippen MR) is 124 cm³/mol. The standard InChI is InChI=1S/C25H29N3O6/c1-27(2)13-21(22(29)28-12-11-25(33,15-28)23(30)31)26-24(32)34-14-20-18-9-5-3-7-16(18)17-8-4-6-10-19(17)20/h3-10,20-21,33H,11-15H2,1-2H3,(H,26,32)(H,30,31). The summed E-state index contributed by atoms with van der Waals surface area (Å²) in [7, 11) is 3.52. The van der Waals surface area contributed by atoms with Gasteiger partial charge in [-0.05, 0) is 36.3 Å². The van der Waals surface area contributed by atoms with Crippen molar-refractivity contribution in [3.63, 3.8) is 0 Å². The zero-order valence-electron chi connectivity index (χ0n) is 19.2. The molecular weight excluding hydrogens is 438 g/mol. The van der Waals surface area contributed by atoms with Gasteiger partial charge in [0, 0.05) is 25.4 Å². The van der Waals surface area contributed by atoms with E-state index in [-0.39, 0.29) is 38.6 Å². The number of β-amino-alcohol motifs (C(OH)–C–C–N with tert-alkyl or cyclic N) is 1. The number of fused-ring (bicyclic) bond motifs is 3. The molecule has 3 N–H and O–H groups in total. The van der Waals surface area contributed by atoms with Gasteiger partial charge in [-0.1, -0.05) is 48.5 Å². The van der Waals surface area contributed by atoms with Crippen LogP contribution in [0.15, 0.2) is 48.5 Å². The number of carbonyl (C=O) groups is 3. The minimum atomic E-state index is -1.97. The third kappa shape index (κ3) is 4.62. The number of alkyl carbamates (subject to hydrolysis) is 1. The Labute approximate surface area is 197 Å². The van der Waals surface area contributed by atoms with Gasteiger partial charge in [-0.25, -0.2) is 9.59 Å². The van der Waals surface area contributed by atoms with Gasteiger partial charge in [0.2, 0.25) is 5.91 Å². The van der Waals surface area contributed by atoms with Crippen LogP contribution >= 0.6 is 0 Å². The largest absolute Gasteiger partial charge is 0.479 e. The molecule has 2 amide bonds. The highest BCUT2D eigenvalue weighted by molar-refractivity contribution is 5.88. The van der Waals surface area contributed by atoms with Crippen molar-refractivity contribution in [3.05, 3.63) is 59.7 Å².